The molecule has 2 aromatic rings. The molecule has 1 atom stereocenters. The van der Waals surface area contributed by atoms with Crippen LogP contribution in [0.3, 0.4) is 0 Å². The standard InChI is InChI=1S/C15H21NO2/c1-9(2)16-14(17)8-13-7-12-6-5-10(3)11(4)15(12)18-13/h5-7,9,14,16-17H,8H2,1-4H3. The van der Waals surface area contributed by atoms with Crippen LogP contribution in [0.1, 0.15) is 30.7 Å². The van der Waals surface area contributed by atoms with Crippen molar-refractivity contribution in [2.45, 2.75) is 46.4 Å². The highest BCUT2D eigenvalue weighted by Gasteiger charge is 2.12. The van der Waals surface area contributed by atoms with Gasteiger partial charge in [-0.05, 0) is 44.9 Å². The van der Waals surface area contributed by atoms with Crippen molar-refractivity contribution in [2.24, 2.45) is 0 Å². The summed E-state index contributed by atoms with van der Waals surface area (Å²) in [7, 11) is 0. The number of aliphatic hydroxyl groups is 1. The predicted molar refractivity (Wildman–Crippen MR) is 73.7 cm³/mol. The van der Waals surface area contributed by atoms with Gasteiger partial charge in [0.25, 0.3) is 0 Å². The van der Waals surface area contributed by atoms with E-state index in [2.05, 4.69) is 31.3 Å². The fraction of sp³-hybridized carbons (Fsp3) is 0.467. The summed E-state index contributed by atoms with van der Waals surface area (Å²) in [6.07, 6.45) is -0.0716. The van der Waals surface area contributed by atoms with Crippen LogP contribution in [-0.2, 0) is 6.42 Å². The summed E-state index contributed by atoms with van der Waals surface area (Å²) in [4.78, 5) is 0. The van der Waals surface area contributed by atoms with Gasteiger partial charge in [-0.2, -0.15) is 0 Å². The lowest BCUT2D eigenvalue weighted by Crippen LogP contribution is -2.35. The van der Waals surface area contributed by atoms with Gasteiger partial charge in [-0.15, -0.1) is 0 Å². The van der Waals surface area contributed by atoms with Gasteiger partial charge in [-0.1, -0.05) is 12.1 Å². The molecule has 0 saturated carbocycles. The molecule has 2 N–H and O–H groups in total. The fourth-order valence-electron chi connectivity index (χ4n) is 2.13. The lowest BCUT2D eigenvalue weighted by Gasteiger charge is -2.14. The topological polar surface area (TPSA) is 45.4 Å². The quantitative estimate of drug-likeness (QED) is 0.817. The number of benzene rings is 1. The molecule has 3 heteroatoms. The van der Waals surface area contributed by atoms with Gasteiger partial charge in [0.2, 0.25) is 0 Å². The van der Waals surface area contributed by atoms with Crippen LogP contribution < -0.4 is 5.32 Å². The first-order valence-electron chi connectivity index (χ1n) is 6.40. The lowest BCUT2D eigenvalue weighted by atomic mass is 10.1. The van der Waals surface area contributed by atoms with Crippen molar-refractivity contribution in [3.05, 3.63) is 35.1 Å². The van der Waals surface area contributed by atoms with Crippen molar-refractivity contribution in [2.75, 3.05) is 0 Å². The Morgan fingerprint density at radius 3 is 2.67 bits per heavy atom. The van der Waals surface area contributed by atoms with Crippen molar-refractivity contribution in [3.63, 3.8) is 0 Å². The van der Waals surface area contributed by atoms with E-state index < -0.39 is 6.23 Å². The molecule has 1 heterocycles. The highest BCUT2D eigenvalue weighted by molar-refractivity contribution is 5.82. The van der Waals surface area contributed by atoms with Crippen LogP contribution in [-0.4, -0.2) is 17.4 Å². The Bertz CT molecular complexity index is 543. The lowest BCUT2D eigenvalue weighted by molar-refractivity contribution is 0.122. The van der Waals surface area contributed by atoms with E-state index in [0.717, 1.165) is 16.7 Å². The molecule has 0 aliphatic rings. The third-order valence-corrected chi connectivity index (χ3v) is 3.18. The van der Waals surface area contributed by atoms with E-state index in [9.17, 15) is 5.11 Å². The van der Waals surface area contributed by atoms with E-state index in [0.29, 0.717) is 6.42 Å². The Labute approximate surface area is 108 Å². The van der Waals surface area contributed by atoms with Crippen molar-refractivity contribution in [1.82, 2.24) is 5.32 Å². The Balaban J connectivity index is 2.23. The molecule has 0 saturated heterocycles. The summed E-state index contributed by atoms with van der Waals surface area (Å²) in [5.74, 6) is 0.819. The maximum absolute atomic E-state index is 9.85. The minimum absolute atomic E-state index is 0.258. The summed E-state index contributed by atoms with van der Waals surface area (Å²) < 4.78 is 5.83. The first-order chi connectivity index (χ1) is 8.47. The molecule has 0 spiro atoms. The van der Waals surface area contributed by atoms with Crippen LogP contribution >= 0.6 is 0 Å². The predicted octanol–water partition coefficient (Wildman–Crippen LogP) is 2.91. The molecule has 1 aromatic carbocycles. The summed E-state index contributed by atoms with van der Waals surface area (Å²) in [6.45, 7) is 8.16. The number of nitrogens with one attached hydrogen (secondary N) is 1. The molecular formula is C15H21NO2. The van der Waals surface area contributed by atoms with Gasteiger partial charge in [0.15, 0.2) is 0 Å². The highest BCUT2D eigenvalue weighted by atomic mass is 16.3. The van der Waals surface area contributed by atoms with E-state index in [4.69, 9.17) is 4.42 Å². The molecule has 3 nitrogen and oxygen atoms in total. The molecule has 98 valence electrons. The smallest absolute Gasteiger partial charge is 0.137 e. The van der Waals surface area contributed by atoms with Gasteiger partial charge in [0, 0.05) is 17.8 Å². The molecule has 0 fully saturated rings. The summed E-state index contributed by atoms with van der Waals surface area (Å²) >= 11 is 0. The molecule has 0 aliphatic carbocycles. The number of aryl methyl sites for hydroxylation is 2. The second-order valence-electron chi connectivity index (χ2n) is 5.18. The van der Waals surface area contributed by atoms with Crippen molar-refractivity contribution < 1.29 is 9.52 Å². The monoisotopic (exact) mass is 247 g/mol. The van der Waals surface area contributed by atoms with Crippen LogP contribution in [0.4, 0.5) is 0 Å². The number of fused-ring (bicyclic) bond motifs is 1. The van der Waals surface area contributed by atoms with Crippen LogP contribution in [0.15, 0.2) is 22.6 Å². The van der Waals surface area contributed by atoms with Gasteiger partial charge in [0.1, 0.15) is 17.6 Å². The van der Waals surface area contributed by atoms with E-state index in [-0.39, 0.29) is 6.04 Å². The molecule has 0 bridgehead atoms. The van der Waals surface area contributed by atoms with Gasteiger partial charge in [-0.25, -0.2) is 0 Å². The van der Waals surface area contributed by atoms with Gasteiger partial charge >= 0.3 is 0 Å². The molecule has 18 heavy (non-hydrogen) atoms. The summed E-state index contributed by atoms with van der Waals surface area (Å²) in [6, 6.07) is 6.42. The first-order valence-corrected chi connectivity index (χ1v) is 6.40. The summed E-state index contributed by atoms with van der Waals surface area (Å²) in [5, 5.41) is 14.0. The zero-order valence-corrected chi connectivity index (χ0v) is 11.4. The Morgan fingerprint density at radius 2 is 2.00 bits per heavy atom. The number of hydrogen-bond acceptors (Lipinski definition) is 3. The number of aliphatic hydroxyl groups excluding tert-OH is 1. The molecule has 0 radical (unpaired) electrons. The SMILES string of the molecule is Cc1ccc2cc(CC(O)NC(C)C)oc2c1C. The number of hydrogen-bond donors (Lipinski definition) is 2. The van der Waals surface area contributed by atoms with Gasteiger partial charge < -0.3 is 9.52 Å². The molecule has 1 unspecified atom stereocenters. The van der Waals surface area contributed by atoms with Crippen LogP contribution in [0.2, 0.25) is 0 Å². The van der Waals surface area contributed by atoms with E-state index in [1.54, 1.807) is 0 Å². The van der Waals surface area contributed by atoms with Crippen molar-refractivity contribution >= 4 is 11.0 Å². The fourth-order valence-corrected chi connectivity index (χ4v) is 2.13. The average molecular weight is 247 g/mol. The molecule has 2 rings (SSSR count). The van der Waals surface area contributed by atoms with Crippen LogP contribution in [0, 0.1) is 13.8 Å². The maximum atomic E-state index is 9.85. The molecule has 0 aliphatic heterocycles. The normalized spacial score (nSPS) is 13.4. The van der Waals surface area contributed by atoms with Gasteiger partial charge in [-0.3, -0.25) is 5.32 Å². The third kappa shape index (κ3) is 2.74. The second kappa shape index (κ2) is 5.12. The second-order valence-corrected chi connectivity index (χ2v) is 5.18. The Kier molecular flexibility index (Phi) is 3.73. The Morgan fingerprint density at radius 1 is 1.28 bits per heavy atom. The minimum atomic E-state index is -0.563. The number of furan rings is 1. The molecular weight excluding hydrogens is 226 g/mol. The maximum Gasteiger partial charge on any atom is 0.137 e. The van der Waals surface area contributed by atoms with Gasteiger partial charge in [0.05, 0.1) is 0 Å². The zero-order valence-electron chi connectivity index (χ0n) is 11.4. The van der Waals surface area contributed by atoms with E-state index in [1.807, 2.05) is 19.9 Å². The average Bonchev–Trinajstić information content (AvgIpc) is 2.66. The van der Waals surface area contributed by atoms with Crippen LogP contribution in [0.5, 0.6) is 0 Å². The molecule has 1 aromatic heterocycles. The van der Waals surface area contributed by atoms with Crippen molar-refractivity contribution in [3.8, 4) is 0 Å². The Hall–Kier alpha value is -1.32. The zero-order chi connectivity index (χ0) is 13.3. The summed E-state index contributed by atoms with van der Waals surface area (Å²) in [5.41, 5.74) is 3.33. The van der Waals surface area contributed by atoms with E-state index >= 15 is 0 Å². The first kappa shape index (κ1) is 13.1. The van der Waals surface area contributed by atoms with Crippen LogP contribution in [0.25, 0.3) is 11.0 Å². The minimum Gasteiger partial charge on any atom is -0.461 e. The van der Waals surface area contributed by atoms with Crippen molar-refractivity contribution in [1.29, 1.82) is 0 Å². The van der Waals surface area contributed by atoms with E-state index in [1.165, 1.54) is 11.1 Å². The third-order valence-electron chi connectivity index (χ3n) is 3.18. The number of rotatable bonds is 4. The highest BCUT2D eigenvalue weighted by Crippen LogP contribution is 2.25. The molecule has 0 amide bonds. The largest absolute Gasteiger partial charge is 0.461 e.